The highest BCUT2D eigenvalue weighted by molar-refractivity contribution is 5.97. The van der Waals surface area contributed by atoms with Crippen LogP contribution < -0.4 is 10.6 Å². The van der Waals surface area contributed by atoms with Gasteiger partial charge in [-0.25, -0.2) is 14.4 Å². The summed E-state index contributed by atoms with van der Waals surface area (Å²) in [5.41, 5.74) is 0.706. The van der Waals surface area contributed by atoms with Gasteiger partial charge in [-0.05, 0) is 12.1 Å². The Morgan fingerprint density at radius 1 is 1.00 bits per heavy atom. The van der Waals surface area contributed by atoms with Gasteiger partial charge in [0.1, 0.15) is 5.82 Å². The van der Waals surface area contributed by atoms with Crippen LogP contribution in [0.25, 0.3) is 11.0 Å². The Morgan fingerprint density at radius 2 is 1.53 bits per heavy atom. The van der Waals surface area contributed by atoms with Crippen molar-refractivity contribution in [3.05, 3.63) is 24.0 Å². The molecule has 19 heavy (non-hydrogen) atoms. The highest BCUT2D eigenvalue weighted by Gasteiger charge is 2.11. The summed E-state index contributed by atoms with van der Waals surface area (Å²) < 4.78 is 13.1. The predicted molar refractivity (Wildman–Crippen MR) is 68.1 cm³/mol. The van der Waals surface area contributed by atoms with Crippen molar-refractivity contribution in [2.24, 2.45) is 0 Å². The maximum atomic E-state index is 13.1. The fraction of sp³-hybridized carbons (Fsp3) is 0.167. The van der Waals surface area contributed by atoms with Gasteiger partial charge in [0.15, 0.2) is 11.6 Å². The number of rotatable bonds is 2. The van der Waals surface area contributed by atoms with Gasteiger partial charge >= 0.3 is 0 Å². The van der Waals surface area contributed by atoms with Gasteiger partial charge in [-0.15, -0.1) is 0 Å². The van der Waals surface area contributed by atoms with E-state index in [1.165, 1.54) is 32.0 Å². The average Bonchev–Trinajstić information content (AvgIpc) is 2.28. The Labute approximate surface area is 108 Å². The second-order valence-electron chi connectivity index (χ2n) is 3.92. The summed E-state index contributed by atoms with van der Waals surface area (Å²) in [6.45, 7) is 2.61. The van der Waals surface area contributed by atoms with E-state index in [0.29, 0.717) is 5.52 Å². The van der Waals surface area contributed by atoms with Crippen LogP contribution in [0.3, 0.4) is 0 Å². The molecule has 2 N–H and O–H groups in total. The van der Waals surface area contributed by atoms with Gasteiger partial charge in [-0.1, -0.05) is 0 Å². The lowest BCUT2D eigenvalue weighted by atomic mass is 10.3. The number of carbonyl (C=O) groups is 2. The lowest BCUT2D eigenvalue weighted by Crippen LogP contribution is -2.15. The SMILES string of the molecule is CC(=O)Nc1nc2ccc(F)cc2nc1NC(C)=O. The number of hydrogen-bond acceptors (Lipinski definition) is 4. The zero-order valence-corrected chi connectivity index (χ0v) is 10.3. The van der Waals surface area contributed by atoms with Crippen molar-refractivity contribution >= 4 is 34.5 Å². The number of aromatic nitrogens is 2. The Kier molecular flexibility index (Phi) is 3.37. The predicted octanol–water partition coefficient (Wildman–Crippen LogP) is 1.69. The molecule has 0 aliphatic rings. The fourth-order valence-electron chi connectivity index (χ4n) is 1.54. The summed E-state index contributed by atoms with van der Waals surface area (Å²) >= 11 is 0. The Morgan fingerprint density at radius 3 is 2.05 bits per heavy atom. The van der Waals surface area contributed by atoms with Crippen LogP contribution in [-0.2, 0) is 9.59 Å². The third-order valence-electron chi connectivity index (χ3n) is 2.22. The van der Waals surface area contributed by atoms with Crippen LogP contribution in [0, 0.1) is 5.82 Å². The average molecular weight is 262 g/mol. The molecule has 1 heterocycles. The molecule has 0 atom stereocenters. The first-order chi connectivity index (χ1) is 8.95. The Bertz CT molecular complexity index is 672. The minimum absolute atomic E-state index is 0.0841. The van der Waals surface area contributed by atoms with Gasteiger partial charge in [-0.2, -0.15) is 0 Å². The van der Waals surface area contributed by atoms with Crippen molar-refractivity contribution in [3.63, 3.8) is 0 Å². The second-order valence-corrected chi connectivity index (χ2v) is 3.92. The first-order valence-corrected chi connectivity index (χ1v) is 5.48. The van der Waals surface area contributed by atoms with E-state index in [2.05, 4.69) is 20.6 Å². The highest BCUT2D eigenvalue weighted by atomic mass is 19.1. The number of nitrogens with one attached hydrogen (secondary N) is 2. The molecule has 0 bridgehead atoms. The number of fused-ring (bicyclic) bond motifs is 1. The van der Waals surface area contributed by atoms with Crippen LogP contribution in [0.2, 0.25) is 0 Å². The van der Waals surface area contributed by atoms with Crippen molar-refractivity contribution in [1.82, 2.24) is 9.97 Å². The molecule has 1 aromatic heterocycles. The molecule has 6 nitrogen and oxygen atoms in total. The number of halogens is 1. The molecule has 0 unspecified atom stereocenters. The van der Waals surface area contributed by atoms with Crippen molar-refractivity contribution in [1.29, 1.82) is 0 Å². The van der Waals surface area contributed by atoms with Gasteiger partial charge in [0.05, 0.1) is 11.0 Å². The van der Waals surface area contributed by atoms with Gasteiger partial charge in [-0.3, -0.25) is 9.59 Å². The number of amides is 2. The summed E-state index contributed by atoms with van der Waals surface area (Å²) in [5.74, 6) is -0.954. The maximum absolute atomic E-state index is 13.1. The fourth-order valence-corrected chi connectivity index (χ4v) is 1.54. The van der Waals surface area contributed by atoms with Crippen LogP contribution in [-0.4, -0.2) is 21.8 Å². The second kappa shape index (κ2) is 4.97. The van der Waals surface area contributed by atoms with Crippen LogP contribution in [0.4, 0.5) is 16.0 Å². The van der Waals surface area contributed by atoms with Gasteiger partial charge in [0.25, 0.3) is 0 Å². The molecule has 1 aromatic carbocycles. The number of hydrogen-bond donors (Lipinski definition) is 2. The third kappa shape index (κ3) is 3.01. The molecular weight excluding hydrogens is 251 g/mol. The molecule has 2 aromatic rings. The standard InChI is InChI=1S/C12H11FN4O2/c1-6(18)14-11-12(15-7(2)19)17-10-5-8(13)3-4-9(10)16-11/h3-5H,1-2H3,(H,14,16,18)(H,15,17,19). The smallest absolute Gasteiger partial charge is 0.222 e. The highest BCUT2D eigenvalue weighted by Crippen LogP contribution is 2.21. The van der Waals surface area contributed by atoms with E-state index in [1.807, 2.05) is 0 Å². The molecule has 0 saturated carbocycles. The molecule has 0 aliphatic heterocycles. The summed E-state index contributed by atoms with van der Waals surface area (Å²) in [7, 11) is 0. The lowest BCUT2D eigenvalue weighted by Gasteiger charge is -2.09. The third-order valence-corrected chi connectivity index (χ3v) is 2.22. The minimum atomic E-state index is -0.456. The van der Waals surface area contributed by atoms with Crippen LogP contribution >= 0.6 is 0 Å². The normalized spacial score (nSPS) is 10.3. The van der Waals surface area contributed by atoms with Crippen molar-refractivity contribution in [2.75, 3.05) is 10.6 Å². The first kappa shape index (κ1) is 12.9. The van der Waals surface area contributed by atoms with Crippen molar-refractivity contribution in [3.8, 4) is 0 Å². The summed E-state index contributed by atoms with van der Waals surface area (Å²) in [4.78, 5) is 30.4. The monoisotopic (exact) mass is 262 g/mol. The van der Waals surface area contributed by atoms with Gasteiger partial charge in [0.2, 0.25) is 11.8 Å². The molecule has 0 radical (unpaired) electrons. The van der Waals surface area contributed by atoms with Crippen LogP contribution in [0.15, 0.2) is 18.2 Å². The minimum Gasteiger partial charge on any atom is -0.308 e. The van der Waals surface area contributed by atoms with E-state index in [1.54, 1.807) is 0 Å². The number of carbonyl (C=O) groups excluding carboxylic acids is 2. The Hall–Kier alpha value is -2.57. The molecule has 2 rings (SSSR count). The zero-order valence-electron chi connectivity index (χ0n) is 10.3. The van der Waals surface area contributed by atoms with E-state index in [4.69, 9.17) is 0 Å². The molecule has 7 heteroatoms. The molecule has 0 fully saturated rings. The quantitative estimate of drug-likeness (QED) is 0.862. The number of nitrogens with zero attached hydrogens (tertiary/aromatic N) is 2. The van der Waals surface area contributed by atoms with Gasteiger partial charge < -0.3 is 10.6 Å². The van der Waals surface area contributed by atoms with E-state index in [0.717, 1.165) is 0 Å². The Balaban J connectivity index is 2.58. The first-order valence-electron chi connectivity index (χ1n) is 5.48. The molecule has 0 aliphatic carbocycles. The van der Waals surface area contributed by atoms with Gasteiger partial charge in [0, 0.05) is 19.9 Å². The molecule has 0 spiro atoms. The maximum Gasteiger partial charge on any atom is 0.222 e. The summed E-state index contributed by atoms with van der Waals surface area (Å²) in [6.07, 6.45) is 0. The summed E-state index contributed by atoms with van der Waals surface area (Å²) in [6, 6.07) is 3.89. The van der Waals surface area contributed by atoms with Crippen LogP contribution in [0.5, 0.6) is 0 Å². The summed E-state index contributed by atoms with van der Waals surface area (Å²) in [5, 5.41) is 4.91. The molecule has 0 saturated heterocycles. The van der Waals surface area contributed by atoms with Crippen molar-refractivity contribution in [2.45, 2.75) is 13.8 Å². The van der Waals surface area contributed by atoms with E-state index >= 15 is 0 Å². The van der Waals surface area contributed by atoms with E-state index in [9.17, 15) is 14.0 Å². The lowest BCUT2D eigenvalue weighted by molar-refractivity contribution is -0.115. The number of benzene rings is 1. The van der Waals surface area contributed by atoms with E-state index < -0.39 is 5.82 Å². The molecule has 98 valence electrons. The molecule has 2 amide bonds. The van der Waals surface area contributed by atoms with E-state index in [-0.39, 0.29) is 29.0 Å². The molecular formula is C12H11FN4O2. The van der Waals surface area contributed by atoms with Crippen LogP contribution in [0.1, 0.15) is 13.8 Å². The van der Waals surface area contributed by atoms with Crippen molar-refractivity contribution < 1.29 is 14.0 Å². The largest absolute Gasteiger partial charge is 0.308 e. The topological polar surface area (TPSA) is 84.0 Å². The zero-order chi connectivity index (χ0) is 14.0. The number of anilines is 2.